The highest BCUT2D eigenvalue weighted by molar-refractivity contribution is 6.02. The lowest BCUT2D eigenvalue weighted by Gasteiger charge is -2.10. The van der Waals surface area contributed by atoms with E-state index in [0.717, 1.165) is 11.1 Å². The maximum Gasteiger partial charge on any atom is 0.368 e. The predicted molar refractivity (Wildman–Crippen MR) is 70.6 cm³/mol. The van der Waals surface area contributed by atoms with Gasteiger partial charge in [-0.25, -0.2) is 4.79 Å². The molecule has 2 aromatic rings. The van der Waals surface area contributed by atoms with Crippen molar-refractivity contribution in [1.29, 1.82) is 0 Å². The van der Waals surface area contributed by atoms with E-state index in [4.69, 9.17) is 4.84 Å². The van der Waals surface area contributed by atoms with Crippen molar-refractivity contribution in [3.05, 3.63) is 39.8 Å². The Kier molecular flexibility index (Phi) is 3.46. The van der Waals surface area contributed by atoms with Crippen LogP contribution in [0.4, 0.5) is 0 Å². The van der Waals surface area contributed by atoms with Crippen LogP contribution in [0.5, 0.6) is 0 Å². The van der Waals surface area contributed by atoms with Crippen molar-refractivity contribution in [1.82, 2.24) is 19.8 Å². The van der Waals surface area contributed by atoms with Crippen molar-refractivity contribution < 1.29 is 4.84 Å². The molecule has 0 aliphatic carbocycles. The Morgan fingerprint density at radius 2 is 2.11 bits per heavy atom. The first kappa shape index (κ1) is 13.0. The van der Waals surface area contributed by atoms with E-state index in [1.54, 1.807) is 13.1 Å². The van der Waals surface area contributed by atoms with E-state index in [-0.39, 0.29) is 5.69 Å². The second kappa shape index (κ2) is 5.05. The highest BCUT2D eigenvalue weighted by Gasteiger charge is 2.15. The highest BCUT2D eigenvalue weighted by atomic mass is 16.6. The highest BCUT2D eigenvalue weighted by Crippen LogP contribution is 2.17. The zero-order chi connectivity index (χ0) is 14.0. The zero-order valence-corrected chi connectivity index (χ0v) is 11.3. The fourth-order valence-corrected chi connectivity index (χ4v) is 1.95. The Hall–Kier alpha value is -2.44. The van der Waals surface area contributed by atoms with E-state index in [0.29, 0.717) is 11.4 Å². The van der Waals surface area contributed by atoms with Crippen LogP contribution in [-0.4, -0.2) is 32.6 Å². The maximum absolute atomic E-state index is 11.9. The molecule has 0 aliphatic heterocycles. The largest absolute Gasteiger partial charge is 0.399 e. The second-order valence-corrected chi connectivity index (χ2v) is 4.13. The Bertz CT molecular complexity index is 684. The number of tetrazole rings is 1. The number of hydrogen-bond acceptors (Lipinski definition) is 5. The first-order chi connectivity index (χ1) is 9.06. The van der Waals surface area contributed by atoms with Crippen LogP contribution in [0.1, 0.15) is 18.1 Å². The van der Waals surface area contributed by atoms with Crippen LogP contribution >= 0.6 is 0 Å². The van der Waals surface area contributed by atoms with Crippen LogP contribution in [-0.2, 0) is 11.9 Å². The molecule has 0 fully saturated rings. The van der Waals surface area contributed by atoms with Gasteiger partial charge in [-0.1, -0.05) is 17.3 Å². The molecule has 0 N–H and O–H groups in total. The minimum atomic E-state index is -0.308. The summed E-state index contributed by atoms with van der Waals surface area (Å²) in [4.78, 5) is 16.7. The first-order valence-corrected chi connectivity index (χ1v) is 5.73. The Balaban J connectivity index is 2.71. The van der Waals surface area contributed by atoms with Gasteiger partial charge in [-0.2, -0.15) is 9.36 Å². The third-order valence-corrected chi connectivity index (χ3v) is 2.79. The van der Waals surface area contributed by atoms with E-state index < -0.39 is 0 Å². The molecule has 1 aromatic carbocycles. The number of aromatic nitrogens is 4. The third kappa shape index (κ3) is 2.26. The molecule has 19 heavy (non-hydrogen) atoms. The summed E-state index contributed by atoms with van der Waals surface area (Å²) in [5, 5.41) is 11.5. The molecule has 100 valence electrons. The summed E-state index contributed by atoms with van der Waals surface area (Å²) in [5.74, 6) is 0. The first-order valence-electron chi connectivity index (χ1n) is 5.73. The van der Waals surface area contributed by atoms with Gasteiger partial charge in [0.2, 0.25) is 0 Å². The summed E-state index contributed by atoms with van der Waals surface area (Å²) in [7, 11) is 3.04. The van der Waals surface area contributed by atoms with Crippen LogP contribution in [0.2, 0.25) is 0 Å². The fraction of sp³-hybridized carbons (Fsp3) is 0.333. The quantitative estimate of drug-likeness (QED) is 0.600. The van der Waals surface area contributed by atoms with Crippen molar-refractivity contribution in [2.24, 2.45) is 12.2 Å². The Morgan fingerprint density at radius 1 is 1.37 bits per heavy atom. The van der Waals surface area contributed by atoms with Gasteiger partial charge >= 0.3 is 5.69 Å². The number of nitrogens with zero attached hydrogens (tertiary/aromatic N) is 5. The molecule has 0 radical (unpaired) electrons. The molecule has 2 rings (SSSR count). The summed E-state index contributed by atoms with van der Waals surface area (Å²) in [6, 6.07) is 5.59. The van der Waals surface area contributed by atoms with Gasteiger partial charge in [0.05, 0.1) is 11.4 Å². The molecular formula is C12H15N5O2. The Labute approximate surface area is 110 Å². The van der Waals surface area contributed by atoms with Crippen LogP contribution < -0.4 is 5.69 Å². The molecule has 0 spiro atoms. The zero-order valence-electron chi connectivity index (χ0n) is 11.3. The second-order valence-electron chi connectivity index (χ2n) is 4.13. The SMILES string of the molecule is CON=C(C)c1c(C)cccc1-n1nnn(C)c1=O. The topological polar surface area (TPSA) is 74.3 Å². The molecular weight excluding hydrogens is 246 g/mol. The molecule has 0 bridgehead atoms. The predicted octanol–water partition coefficient (Wildman–Crippen LogP) is 0.645. The van der Waals surface area contributed by atoms with Crippen molar-refractivity contribution in [3.63, 3.8) is 0 Å². The van der Waals surface area contributed by atoms with E-state index in [9.17, 15) is 4.79 Å². The van der Waals surface area contributed by atoms with Crippen LogP contribution in [0.25, 0.3) is 5.69 Å². The maximum atomic E-state index is 11.9. The van der Waals surface area contributed by atoms with Gasteiger partial charge < -0.3 is 4.84 Å². The normalized spacial score (nSPS) is 11.7. The molecule has 0 atom stereocenters. The van der Waals surface area contributed by atoms with Crippen LogP contribution in [0.15, 0.2) is 28.1 Å². The van der Waals surface area contributed by atoms with E-state index >= 15 is 0 Å². The molecule has 7 nitrogen and oxygen atoms in total. The summed E-state index contributed by atoms with van der Waals surface area (Å²) in [5.41, 5.74) is 2.79. The van der Waals surface area contributed by atoms with Gasteiger partial charge in [-0.15, -0.1) is 0 Å². The van der Waals surface area contributed by atoms with Crippen molar-refractivity contribution in [2.45, 2.75) is 13.8 Å². The monoisotopic (exact) mass is 261 g/mol. The van der Waals surface area contributed by atoms with E-state index in [2.05, 4.69) is 15.6 Å². The standard InChI is InChI=1S/C12H15N5O2/c1-8-6-5-7-10(11(8)9(2)13-19-4)17-12(18)16(3)14-15-17/h5-7H,1-4H3. The average Bonchev–Trinajstić information content (AvgIpc) is 2.70. The molecule has 1 heterocycles. The lowest BCUT2D eigenvalue weighted by atomic mass is 10.0. The van der Waals surface area contributed by atoms with E-state index in [1.807, 2.05) is 26.0 Å². The van der Waals surface area contributed by atoms with Crippen molar-refractivity contribution in [3.8, 4) is 5.69 Å². The lowest BCUT2D eigenvalue weighted by Crippen LogP contribution is -2.23. The molecule has 7 heteroatoms. The number of oxime groups is 1. The number of rotatable bonds is 3. The minimum Gasteiger partial charge on any atom is -0.399 e. The van der Waals surface area contributed by atoms with Gasteiger partial charge in [0.25, 0.3) is 0 Å². The molecule has 0 saturated carbocycles. The molecule has 0 saturated heterocycles. The van der Waals surface area contributed by atoms with Crippen LogP contribution in [0.3, 0.4) is 0 Å². The van der Waals surface area contributed by atoms with Gasteiger partial charge in [-0.3, -0.25) is 0 Å². The summed E-state index contributed by atoms with van der Waals surface area (Å²) < 4.78 is 2.42. The smallest absolute Gasteiger partial charge is 0.368 e. The van der Waals surface area contributed by atoms with Crippen molar-refractivity contribution >= 4 is 5.71 Å². The average molecular weight is 261 g/mol. The third-order valence-electron chi connectivity index (χ3n) is 2.79. The molecule has 0 unspecified atom stereocenters. The fourth-order valence-electron chi connectivity index (χ4n) is 1.95. The van der Waals surface area contributed by atoms with Crippen LogP contribution in [0, 0.1) is 6.92 Å². The van der Waals surface area contributed by atoms with Gasteiger partial charge in [-0.05, 0) is 35.9 Å². The van der Waals surface area contributed by atoms with Gasteiger partial charge in [0, 0.05) is 12.6 Å². The minimum absolute atomic E-state index is 0.308. The summed E-state index contributed by atoms with van der Waals surface area (Å²) >= 11 is 0. The molecule has 1 aromatic heterocycles. The summed E-state index contributed by atoms with van der Waals surface area (Å²) in [6.45, 7) is 3.76. The number of aryl methyl sites for hydroxylation is 2. The Morgan fingerprint density at radius 3 is 2.68 bits per heavy atom. The lowest BCUT2D eigenvalue weighted by molar-refractivity contribution is 0.213. The van der Waals surface area contributed by atoms with Gasteiger partial charge in [0.1, 0.15) is 7.11 Å². The van der Waals surface area contributed by atoms with Crippen molar-refractivity contribution in [2.75, 3.05) is 7.11 Å². The number of benzene rings is 1. The van der Waals surface area contributed by atoms with E-state index in [1.165, 1.54) is 16.5 Å². The number of hydrogen-bond donors (Lipinski definition) is 0. The van der Waals surface area contributed by atoms with Gasteiger partial charge in [0.15, 0.2) is 0 Å². The molecule has 0 aliphatic rings. The molecule has 0 amide bonds. The summed E-state index contributed by atoms with van der Waals surface area (Å²) in [6.07, 6.45) is 0.